The second-order valence-corrected chi connectivity index (χ2v) is 4.70. The molecule has 0 fully saturated rings. The van der Waals surface area contributed by atoms with Crippen LogP contribution in [0.15, 0.2) is 48.5 Å². The lowest BCUT2D eigenvalue weighted by Crippen LogP contribution is -1.82. The summed E-state index contributed by atoms with van der Waals surface area (Å²) >= 11 is 6.27. The highest BCUT2D eigenvalue weighted by molar-refractivity contribution is 6.37. The van der Waals surface area contributed by atoms with Gasteiger partial charge in [-0.2, -0.15) is 0 Å². The molecule has 0 atom stereocenters. The van der Waals surface area contributed by atoms with Crippen LogP contribution >= 0.6 is 11.6 Å². The molecule has 0 radical (unpaired) electrons. The number of para-hydroxylation sites is 2. The summed E-state index contributed by atoms with van der Waals surface area (Å²) in [6.07, 6.45) is 0. The van der Waals surface area contributed by atoms with Crippen LogP contribution in [0.3, 0.4) is 0 Å². The van der Waals surface area contributed by atoms with E-state index in [1.807, 2.05) is 30.3 Å². The highest BCUT2D eigenvalue weighted by Crippen LogP contribution is 2.34. The van der Waals surface area contributed by atoms with Crippen LogP contribution in [0.2, 0.25) is 5.15 Å². The van der Waals surface area contributed by atoms with Crippen molar-refractivity contribution < 1.29 is 0 Å². The summed E-state index contributed by atoms with van der Waals surface area (Å²) in [4.78, 5) is 7.78. The molecular formula is C15H9ClN2. The largest absolute Gasteiger partial charge is 0.352 e. The van der Waals surface area contributed by atoms with Crippen LogP contribution in [0.1, 0.15) is 0 Å². The van der Waals surface area contributed by atoms with E-state index < -0.39 is 0 Å². The van der Waals surface area contributed by atoms with Gasteiger partial charge < -0.3 is 4.98 Å². The average molecular weight is 253 g/mol. The van der Waals surface area contributed by atoms with Crippen LogP contribution in [-0.2, 0) is 0 Å². The third-order valence-electron chi connectivity index (χ3n) is 3.30. The Morgan fingerprint density at radius 1 is 0.889 bits per heavy atom. The molecule has 0 saturated heterocycles. The number of nitrogens with one attached hydrogen (secondary N) is 1. The zero-order valence-corrected chi connectivity index (χ0v) is 10.2. The Balaban J connectivity index is 2.41. The summed E-state index contributed by atoms with van der Waals surface area (Å²) in [6.45, 7) is 0. The van der Waals surface area contributed by atoms with Gasteiger partial charge in [-0.1, -0.05) is 48.0 Å². The zero-order valence-electron chi connectivity index (χ0n) is 9.44. The van der Waals surface area contributed by atoms with E-state index >= 15 is 0 Å². The van der Waals surface area contributed by atoms with E-state index in [9.17, 15) is 0 Å². The summed E-state index contributed by atoms with van der Waals surface area (Å²) in [5.41, 5.74) is 2.93. The minimum Gasteiger partial charge on any atom is -0.352 e. The first-order valence-corrected chi connectivity index (χ1v) is 6.17. The molecule has 86 valence electrons. The Kier molecular flexibility index (Phi) is 1.91. The summed E-state index contributed by atoms with van der Waals surface area (Å²) < 4.78 is 0. The van der Waals surface area contributed by atoms with Crippen molar-refractivity contribution in [2.24, 2.45) is 0 Å². The van der Waals surface area contributed by atoms with E-state index in [4.69, 9.17) is 11.6 Å². The van der Waals surface area contributed by atoms with Crippen molar-refractivity contribution in [1.29, 1.82) is 0 Å². The van der Waals surface area contributed by atoms with E-state index in [1.54, 1.807) is 0 Å². The predicted octanol–water partition coefficient (Wildman–Crippen LogP) is 4.52. The SMILES string of the molecule is Clc1nc2ccccc2c2c1[nH]c1ccccc12. The monoisotopic (exact) mass is 252 g/mol. The van der Waals surface area contributed by atoms with Gasteiger partial charge in [0.1, 0.15) is 0 Å². The van der Waals surface area contributed by atoms with Crippen molar-refractivity contribution in [3.05, 3.63) is 53.7 Å². The second-order valence-electron chi connectivity index (χ2n) is 4.34. The molecular weight excluding hydrogens is 244 g/mol. The number of hydrogen-bond acceptors (Lipinski definition) is 1. The molecule has 0 aliphatic rings. The number of benzene rings is 2. The lowest BCUT2D eigenvalue weighted by atomic mass is 10.1. The minimum atomic E-state index is 0.528. The first kappa shape index (κ1) is 9.92. The topological polar surface area (TPSA) is 28.7 Å². The maximum Gasteiger partial charge on any atom is 0.153 e. The van der Waals surface area contributed by atoms with Gasteiger partial charge in [0.2, 0.25) is 0 Å². The van der Waals surface area contributed by atoms with Crippen LogP contribution in [0.25, 0.3) is 32.7 Å². The van der Waals surface area contributed by atoms with Gasteiger partial charge in [0, 0.05) is 21.7 Å². The van der Waals surface area contributed by atoms with Crippen LogP contribution in [0, 0.1) is 0 Å². The fourth-order valence-corrected chi connectivity index (χ4v) is 2.75. The van der Waals surface area contributed by atoms with Gasteiger partial charge in [0.15, 0.2) is 5.15 Å². The molecule has 0 spiro atoms. The van der Waals surface area contributed by atoms with E-state index in [2.05, 4.69) is 28.2 Å². The normalized spacial score (nSPS) is 11.6. The predicted molar refractivity (Wildman–Crippen MR) is 76.1 cm³/mol. The number of aromatic nitrogens is 2. The Labute approximate surface area is 108 Å². The van der Waals surface area contributed by atoms with E-state index in [0.717, 1.165) is 27.3 Å². The Morgan fingerprint density at radius 3 is 2.50 bits per heavy atom. The van der Waals surface area contributed by atoms with Gasteiger partial charge in [-0.05, 0) is 12.1 Å². The van der Waals surface area contributed by atoms with Gasteiger partial charge in [-0.15, -0.1) is 0 Å². The van der Waals surface area contributed by atoms with Gasteiger partial charge in [-0.25, -0.2) is 4.98 Å². The number of hydrogen-bond donors (Lipinski definition) is 1. The molecule has 0 aliphatic heterocycles. The third-order valence-corrected chi connectivity index (χ3v) is 3.58. The highest BCUT2D eigenvalue weighted by atomic mass is 35.5. The van der Waals surface area contributed by atoms with Crippen molar-refractivity contribution in [2.75, 3.05) is 0 Å². The van der Waals surface area contributed by atoms with Crippen molar-refractivity contribution in [1.82, 2.24) is 9.97 Å². The van der Waals surface area contributed by atoms with Gasteiger partial charge >= 0.3 is 0 Å². The average Bonchev–Trinajstić information content (AvgIpc) is 2.79. The molecule has 4 rings (SSSR count). The molecule has 18 heavy (non-hydrogen) atoms. The Bertz CT molecular complexity index is 893. The number of halogens is 1. The van der Waals surface area contributed by atoms with Crippen molar-refractivity contribution >= 4 is 44.3 Å². The van der Waals surface area contributed by atoms with Crippen molar-refractivity contribution in [2.45, 2.75) is 0 Å². The fourth-order valence-electron chi connectivity index (χ4n) is 2.52. The first-order valence-electron chi connectivity index (χ1n) is 5.79. The van der Waals surface area contributed by atoms with E-state index in [1.165, 1.54) is 5.39 Å². The molecule has 2 heterocycles. The molecule has 3 heteroatoms. The van der Waals surface area contributed by atoms with E-state index in [-0.39, 0.29) is 0 Å². The first-order chi connectivity index (χ1) is 8.84. The summed E-state index contributed by atoms with van der Waals surface area (Å²) in [5.74, 6) is 0. The molecule has 0 amide bonds. The van der Waals surface area contributed by atoms with Gasteiger partial charge in [0.05, 0.1) is 11.0 Å². The molecule has 4 aromatic rings. The van der Waals surface area contributed by atoms with Crippen LogP contribution in [0.4, 0.5) is 0 Å². The number of aromatic amines is 1. The van der Waals surface area contributed by atoms with Crippen LogP contribution in [-0.4, -0.2) is 9.97 Å². The smallest absolute Gasteiger partial charge is 0.153 e. The van der Waals surface area contributed by atoms with Crippen molar-refractivity contribution in [3.63, 3.8) is 0 Å². The summed E-state index contributed by atoms with van der Waals surface area (Å²) in [7, 11) is 0. The van der Waals surface area contributed by atoms with Gasteiger partial charge in [-0.3, -0.25) is 0 Å². The Hall–Kier alpha value is -2.06. The molecule has 2 nitrogen and oxygen atoms in total. The second kappa shape index (κ2) is 3.47. The number of nitrogens with zero attached hydrogens (tertiary/aromatic N) is 1. The number of pyridine rings is 1. The lowest BCUT2D eigenvalue weighted by Gasteiger charge is -2.01. The standard InChI is InChI=1S/C15H9ClN2/c16-15-14-13(9-5-1-3-7-11(9)17-14)10-6-2-4-8-12(10)18-15/h1-8,17H. The molecule has 0 unspecified atom stereocenters. The van der Waals surface area contributed by atoms with Crippen LogP contribution in [0.5, 0.6) is 0 Å². The lowest BCUT2D eigenvalue weighted by molar-refractivity contribution is 1.41. The maximum atomic E-state index is 6.27. The molecule has 1 N–H and O–H groups in total. The van der Waals surface area contributed by atoms with Gasteiger partial charge in [0.25, 0.3) is 0 Å². The van der Waals surface area contributed by atoms with Crippen LogP contribution < -0.4 is 0 Å². The quantitative estimate of drug-likeness (QED) is 0.458. The summed E-state index contributed by atoms with van der Waals surface area (Å²) in [5, 5.41) is 4.00. The minimum absolute atomic E-state index is 0.528. The molecule has 0 aliphatic carbocycles. The third kappa shape index (κ3) is 1.21. The molecule has 0 bridgehead atoms. The molecule has 2 aromatic carbocycles. The zero-order chi connectivity index (χ0) is 12.1. The molecule has 0 saturated carbocycles. The van der Waals surface area contributed by atoms with E-state index in [0.29, 0.717) is 5.15 Å². The number of rotatable bonds is 0. The van der Waals surface area contributed by atoms with Crippen molar-refractivity contribution in [3.8, 4) is 0 Å². The molecule has 2 aromatic heterocycles. The number of H-pyrrole nitrogens is 1. The fraction of sp³-hybridized carbons (Fsp3) is 0. The summed E-state index contributed by atoms with van der Waals surface area (Å²) in [6, 6.07) is 16.3. The Morgan fingerprint density at radius 2 is 1.61 bits per heavy atom. The number of fused-ring (bicyclic) bond motifs is 5. The highest BCUT2D eigenvalue weighted by Gasteiger charge is 2.11. The maximum absolute atomic E-state index is 6.27.